The summed E-state index contributed by atoms with van der Waals surface area (Å²) in [6, 6.07) is 16.5. The van der Waals surface area contributed by atoms with Crippen molar-refractivity contribution in [3.05, 3.63) is 54.2 Å². The highest BCUT2D eigenvalue weighted by Gasteiger charge is 2.37. The molecule has 2 aromatic carbocycles. The summed E-state index contributed by atoms with van der Waals surface area (Å²) in [5, 5.41) is 10.1. The normalized spacial score (nSPS) is 21.9. The highest BCUT2D eigenvalue weighted by Crippen LogP contribution is 2.40. The Bertz CT molecular complexity index is 1150. The van der Waals surface area contributed by atoms with Crippen LogP contribution in [0.4, 0.5) is 5.69 Å². The molecule has 164 valence electrons. The lowest BCUT2D eigenvalue weighted by Crippen LogP contribution is -2.63. The van der Waals surface area contributed by atoms with Gasteiger partial charge in [0.25, 0.3) is 0 Å². The molecule has 2 fully saturated rings. The largest absolute Gasteiger partial charge is 0.494 e. The zero-order chi connectivity index (χ0) is 22.2. The molecule has 6 nitrogen and oxygen atoms in total. The lowest BCUT2D eigenvalue weighted by Gasteiger charge is -2.49. The number of fused-ring (bicyclic) bond motifs is 1. The molecule has 2 aliphatic rings. The van der Waals surface area contributed by atoms with Crippen molar-refractivity contribution in [1.29, 1.82) is 5.26 Å². The van der Waals surface area contributed by atoms with Crippen molar-refractivity contribution in [1.82, 2.24) is 9.88 Å². The average Bonchev–Trinajstić information content (AvgIpc) is 2.77. The van der Waals surface area contributed by atoms with Crippen LogP contribution in [0.2, 0.25) is 0 Å². The molecule has 0 aliphatic carbocycles. The van der Waals surface area contributed by atoms with Gasteiger partial charge in [0.05, 0.1) is 48.4 Å². The third-order valence-electron chi connectivity index (χ3n) is 6.53. The van der Waals surface area contributed by atoms with Crippen molar-refractivity contribution in [3.8, 4) is 22.9 Å². The number of anilines is 1. The summed E-state index contributed by atoms with van der Waals surface area (Å²) < 4.78 is 11.8. The Kier molecular flexibility index (Phi) is 5.46. The van der Waals surface area contributed by atoms with E-state index >= 15 is 0 Å². The summed E-state index contributed by atoms with van der Waals surface area (Å²) in [6.07, 6.45) is 2.50. The van der Waals surface area contributed by atoms with Crippen molar-refractivity contribution in [2.45, 2.75) is 32.1 Å². The monoisotopic (exact) mass is 428 g/mol. The van der Waals surface area contributed by atoms with Crippen LogP contribution in [0.1, 0.15) is 19.4 Å². The predicted molar refractivity (Wildman–Crippen MR) is 126 cm³/mol. The maximum Gasteiger partial charge on any atom is 0.153 e. The quantitative estimate of drug-likeness (QED) is 0.624. The first-order valence-corrected chi connectivity index (χ1v) is 11.2. The van der Waals surface area contributed by atoms with Gasteiger partial charge in [-0.15, -0.1) is 0 Å². The van der Waals surface area contributed by atoms with Crippen LogP contribution in [0.25, 0.3) is 22.0 Å². The SMILES string of the molecule is COc1c(N2CC(N3C[C@@H](C)O[C@@H](C)C3)C2)cnc2c(-c3ccc(C#N)cc3)cccc12. The van der Waals surface area contributed by atoms with Gasteiger partial charge in [0.2, 0.25) is 0 Å². The average molecular weight is 429 g/mol. The van der Waals surface area contributed by atoms with Gasteiger partial charge in [-0.1, -0.05) is 24.3 Å². The molecular formula is C26H28N4O2. The summed E-state index contributed by atoms with van der Waals surface area (Å²) in [4.78, 5) is 9.76. The van der Waals surface area contributed by atoms with E-state index in [0.717, 1.165) is 59.6 Å². The Morgan fingerprint density at radius 1 is 1.03 bits per heavy atom. The van der Waals surface area contributed by atoms with Gasteiger partial charge in [-0.3, -0.25) is 9.88 Å². The van der Waals surface area contributed by atoms with E-state index in [1.807, 2.05) is 36.5 Å². The smallest absolute Gasteiger partial charge is 0.153 e. The number of para-hydroxylation sites is 1. The molecule has 0 bridgehead atoms. The van der Waals surface area contributed by atoms with Crippen LogP contribution in [0.15, 0.2) is 48.7 Å². The predicted octanol–water partition coefficient (Wildman–Crippen LogP) is 4.08. The summed E-state index contributed by atoms with van der Waals surface area (Å²) in [7, 11) is 1.73. The molecule has 0 saturated carbocycles. The number of ether oxygens (including phenoxy) is 2. The first kappa shape index (κ1) is 20.7. The Morgan fingerprint density at radius 2 is 1.75 bits per heavy atom. The second kappa shape index (κ2) is 8.42. The zero-order valence-corrected chi connectivity index (χ0v) is 18.8. The third-order valence-corrected chi connectivity index (χ3v) is 6.53. The third kappa shape index (κ3) is 3.68. The van der Waals surface area contributed by atoms with Crippen LogP contribution in [0, 0.1) is 11.3 Å². The number of morpholine rings is 1. The van der Waals surface area contributed by atoms with E-state index in [4.69, 9.17) is 19.7 Å². The maximum absolute atomic E-state index is 9.09. The molecule has 1 aromatic heterocycles. The second-order valence-corrected chi connectivity index (χ2v) is 8.84. The number of nitriles is 1. The number of methoxy groups -OCH3 is 1. The highest BCUT2D eigenvalue weighted by atomic mass is 16.5. The fourth-order valence-corrected chi connectivity index (χ4v) is 4.98. The van der Waals surface area contributed by atoms with E-state index in [1.54, 1.807) is 7.11 Å². The van der Waals surface area contributed by atoms with Gasteiger partial charge in [0.15, 0.2) is 5.75 Å². The van der Waals surface area contributed by atoms with E-state index < -0.39 is 0 Å². The standard InChI is InChI=1S/C26H28N4O2/c1-17-13-29(14-18(2)32-17)21-15-30(16-21)24-12-28-25-22(5-4-6-23(25)26(24)31-3)20-9-7-19(11-27)8-10-20/h4-10,12,17-18,21H,13-16H2,1-3H3/t17-,18+. The number of nitrogens with zero attached hydrogens (tertiary/aromatic N) is 4. The Balaban J connectivity index is 1.43. The molecule has 2 aliphatic heterocycles. The van der Waals surface area contributed by atoms with Crippen molar-refractivity contribution in [2.75, 3.05) is 38.2 Å². The van der Waals surface area contributed by atoms with Gasteiger partial charge in [-0.05, 0) is 37.6 Å². The molecule has 3 heterocycles. The number of benzene rings is 2. The van der Waals surface area contributed by atoms with Crippen molar-refractivity contribution in [2.24, 2.45) is 0 Å². The lowest BCUT2D eigenvalue weighted by molar-refractivity contribution is -0.0831. The summed E-state index contributed by atoms with van der Waals surface area (Å²) in [6.45, 7) is 8.23. The van der Waals surface area contributed by atoms with Gasteiger partial charge in [0, 0.05) is 43.2 Å². The van der Waals surface area contributed by atoms with Gasteiger partial charge < -0.3 is 14.4 Å². The summed E-state index contributed by atoms with van der Waals surface area (Å²) in [5.41, 5.74) is 4.68. The molecular weight excluding hydrogens is 400 g/mol. The van der Waals surface area contributed by atoms with E-state index in [0.29, 0.717) is 11.6 Å². The fourth-order valence-electron chi connectivity index (χ4n) is 4.98. The highest BCUT2D eigenvalue weighted by molar-refractivity contribution is 5.99. The maximum atomic E-state index is 9.09. The fraction of sp³-hybridized carbons (Fsp3) is 0.385. The Hall–Kier alpha value is -3.14. The van der Waals surface area contributed by atoms with Crippen molar-refractivity contribution >= 4 is 16.6 Å². The van der Waals surface area contributed by atoms with Crippen molar-refractivity contribution < 1.29 is 9.47 Å². The first-order chi connectivity index (χ1) is 15.6. The number of hydrogen-bond donors (Lipinski definition) is 0. The molecule has 0 unspecified atom stereocenters. The topological polar surface area (TPSA) is 61.6 Å². The molecule has 2 atom stereocenters. The van der Waals surface area contributed by atoms with E-state index in [-0.39, 0.29) is 12.2 Å². The van der Waals surface area contributed by atoms with Crippen LogP contribution in [0.3, 0.4) is 0 Å². The minimum Gasteiger partial charge on any atom is -0.494 e. The van der Waals surface area contributed by atoms with Crippen LogP contribution >= 0.6 is 0 Å². The van der Waals surface area contributed by atoms with E-state index in [1.165, 1.54) is 0 Å². The Morgan fingerprint density at radius 3 is 2.41 bits per heavy atom. The minimum atomic E-state index is 0.283. The van der Waals surface area contributed by atoms with E-state index in [2.05, 4.69) is 41.8 Å². The first-order valence-electron chi connectivity index (χ1n) is 11.2. The number of pyridine rings is 1. The van der Waals surface area contributed by atoms with Gasteiger partial charge >= 0.3 is 0 Å². The van der Waals surface area contributed by atoms with Gasteiger partial charge in [0.1, 0.15) is 0 Å². The van der Waals surface area contributed by atoms with Crippen LogP contribution in [-0.2, 0) is 4.74 Å². The summed E-state index contributed by atoms with van der Waals surface area (Å²) in [5.74, 6) is 0.868. The zero-order valence-electron chi connectivity index (χ0n) is 18.8. The van der Waals surface area contributed by atoms with Crippen LogP contribution in [0.5, 0.6) is 5.75 Å². The number of hydrogen-bond acceptors (Lipinski definition) is 6. The van der Waals surface area contributed by atoms with Crippen LogP contribution in [-0.4, -0.2) is 61.4 Å². The molecule has 0 N–H and O–H groups in total. The number of aromatic nitrogens is 1. The van der Waals surface area contributed by atoms with Crippen molar-refractivity contribution in [3.63, 3.8) is 0 Å². The molecule has 3 aromatic rings. The molecule has 6 heteroatoms. The molecule has 5 rings (SSSR count). The molecule has 0 amide bonds. The van der Waals surface area contributed by atoms with Crippen LogP contribution < -0.4 is 9.64 Å². The Labute approximate surface area is 189 Å². The van der Waals surface area contributed by atoms with Gasteiger partial charge in [-0.25, -0.2) is 0 Å². The minimum absolute atomic E-state index is 0.283. The van der Waals surface area contributed by atoms with E-state index in [9.17, 15) is 0 Å². The lowest BCUT2D eigenvalue weighted by atomic mass is 9.99. The van der Waals surface area contributed by atoms with Gasteiger partial charge in [-0.2, -0.15) is 5.26 Å². The molecule has 0 radical (unpaired) electrons. The number of rotatable bonds is 4. The second-order valence-electron chi connectivity index (χ2n) is 8.84. The molecule has 2 saturated heterocycles. The molecule has 32 heavy (non-hydrogen) atoms. The summed E-state index contributed by atoms with van der Waals surface area (Å²) >= 11 is 0. The molecule has 0 spiro atoms.